The molecular weight excluding hydrogens is 346 g/mol. The molecule has 2 unspecified atom stereocenters. The van der Waals surface area contributed by atoms with E-state index in [0.29, 0.717) is 23.8 Å². The SMILES string of the molecule is CC1CCN(C(=O)Cn2nnc(-c3ccc(Cl)cc3)n2)C(C(=O)O)C1. The van der Waals surface area contributed by atoms with Crippen LogP contribution in [0.25, 0.3) is 11.4 Å². The minimum absolute atomic E-state index is 0.140. The molecule has 2 atom stereocenters. The van der Waals surface area contributed by atoms with E-state index in [9.17, 15) is 14.7 Å². The van der Waals surface area contributed by atoms with Gasteiger partial charge in [0.25, 0.3) is 0 Å². The molecule has 1 N–H and O–H groups in total. The fourth-order valence-corrected chi connectivity index (χ4v) is 3.04. The van der Waals surface area contributed by atoms with E-state index >= 15 is 0 Å². The van der Waals surface area contributed by atoms with Gasteiger partial charge in [-0.2, -0.15) is 4.80 Å². The highest BCUT2D eigenvalue weighted by molar-refractivity contribution is 6.30. The number of tetrazole rings is 1. The fourth-order valence-electron chi connectivity index (χ4n) is 2.91. The molecule has 0 radical (unpaired) electrons. The number of carbonyl (C=O) groups is 2. The summed E-state index contributed by atoms with van der Waals surface area (Å²) >= 11 is 5.85. The molecule has 2 heterocycles. The van der Waals surface area contributed by atoms with Crippen LogP contribution >= 0.6 is 11.6 Å². The molecular formula is C16H18ClN5O3. The number of benzene rings is 1. The van der Waals surface area contributed by atoms with Gasteiger partial charge in [-0.25, -0.2) is 4.79 Å². The minimum atomic E-state index is -0.978. The summed E-state index contributed by atoms with van der Waals surface area (Å²) in [6.07, 6.45) is 1.25. The lowest BCUT2D eigenvalue weighted by Crippen LogP contribution is -2.50. The number of aromatic nitrogens is 4. The second-order valence-corrected chi connectivity index (χ2v) is 6.66. The molecule has 2 aromatic rings. The van der Waals surface area contributed by atoms with E-state index in [-0.39, 0.29) is 18.4 Å². The van der Waals surface area contributed by atoms with Crippen LogP contribution in [0.4, 0.5) is 0 Å². The van der Waals surface area contributed by atoms with E-state index < -0.39 is 12.0 Å². The topological polar surface area (TPSA) is 101 Å². The van der Waals surface area contributed by atoms with Gasteiger partial charge in [-0.15, -0.1) is 10.2 Å². The average molecular weight is 364 g/mol. The number of amides is 1. The van der Waals surface area contributed by atoms with E-state index in [1.54, 1.807) is 24.3 Å². The van der Waals surface area contributed by atoms with Crippen molar-refractivity contribution in [1.82, 2.24) is 25.1 Å². The molecule has 3 rings (SSSR count). The normalized spacial score (nSPS) is 20.5. The molecule has 0 spiro atoms. The predicted octanol–water partition coefficient (Wildman–Crippen LogP) is 1.71. The minimum Gasteiger partial charge on any atom is -0.480 e. The summed E-state index contributed by atoms with van der Waals surface area (Å²) in [5.41, 5.74) is 0.735. The van der Waals surface area contributed by atoms with Gasteiger partial charge >= 0.3 is 5.97 Å². The number of carboxylic acid groups (broad SMARTS) is 1. The van der Waals surface area contributed by atoms with Gasteiger partial charge in [-0.05, 0) is 48.2 Å². The third-order valence-electron chi connectivity index (χ3n) is 4.30. The Morgan fingerprint density at radius 1 is 1.32 bits per heavy atom. The van der Waals surface area contributed by atoms with Crippen LogP contribution < -0.4 is 0 Å². The molecule has 25 heavy (non-hydrogen) atoms. The van der Waals surface area contributed by atoms with Crippen molar-refractivity contribution >= 4 is 23.5 Å². The molecule has 1 aliphatic heterocycles. The lowest BCUT2D eigenvalue weighted by molar-refractivity contribution is -0.153. The van der Waals surface area contributed by atoms with E-state index in [0.717, 1.165) is 12.0 Å². The molecule has 8 nitrogen and oxygen atoms in total. The number of carboxylic acids is 1. The van der Waals surface area contributed by atoms with E-state index in [4.69, 9.17) is 11.6 Å². The Morgan fingerprint density at radius 2 is 2.04 bits per heavy atom. The lowest BCUT2D eigenvalue weighted by Gasteiger charge is -2.35. The Labute approximate surface area is 149 Å². The molecule has 132 valence electrons. The van der Waals surface area contributed by atoms with Crippen LogP contribution in [-0.4, -0.2) is 54.7 Å². The summed E-state index contributed by atoms with van der Waals surface area (Å²) in [4.78, 5) is 26.5. The van der Waals surface area contributed by atoms with E-state index in [1.807, 2.05) is 6.92 Å². The Morgan fingerprint density at radius 3 is 2.72 bits per heavy atom. The van der Waals surface area contributed by atoms with Gasteiger partial charge in [0.2, 0.25) is 11.7 Å². The maximum Gasteiger partial charge on any atom is 0.326 e. The first-order valence-electron chi connectivity index (χ1n) is 8.00. The lowest BCUT2D eigenvalue weighted by atomic mass is 9.92. The molecule has 0 aliphatic carbocycles. The Bertz CT molecular complexity index is 776. The summed E-state index contributed by atoms with van der Waals surface area (Å²) in [5.74, 6) is -0.634. The zero-order valence-corrected chi connectivity index (χ0v) is 14.4. The quantitative estimate of drug-likeness (QED) is 0.887. The first kappa shape index (κ1) is 17.3. The van der Waals surface area contributed by atoms with Crippen LogP contribution in [-0.2, 0) is 16.1 Å². The second-order valence-electron chi connectivity index (χ2n) is 6.22. The van der Waals surface area contributed by atoms with Crippen molar-refractivity contribution in [2.75, 3.05) is 6.54 Å². The zero-order chi connectivity index (χ0) is 18.0. The number of likely N-dealkylation sites (tertiary alicyclic amines) is 1. The van der Waals surface area contributed by atoms with E-state index in [2.05, 4.69) is 15.4 Å². The van der Waals surface area contributed by atoms with Gasteiger partial charge in [0.05, 0.1) is 0 Å². The standard InChI is InChI=1S/C16H18ClN5O3/c1-10-6-7-21(13(8-10)16(24)25)14(23)9-22-19-15(18-20-22)11-2-4-12(17)5-3-11/h2-5,10,13H,6-9H2,1H3,(H,24,25). The number of nitrogens with zero attached hydrogens (tertiary/aromatic N) is 5. The number of halogens is 1. The number of rotatable bonds is 4. The zero-order valence-electron chi connectivity index (χ0n) is 13.7. The third kappa shape index (κ3) is 3.96. The van der Waals surface area contributed by atoms with Crippen molar-refractivity contribution in [3.05, 3.63) is 29.3 Å². The van der Waals surface area contributed by atoms with Crippen molar-refractivity contribution in [2.45, 2.75) is 32.4 Å². The van der Waals surface area contributed by atoms with Gasteiger partial charge in [-0.3, -0.25) is 4.79 Å². The monoisotopic (exact) mass is 363 g/mol. The summed E-state index contributed by atoms with van der Waals surface area (Å²) in [6.45, 7) is 2.28. The first-order valence-corrected chi connectivity index (χ1v) is 8.38. The number of hydrogen-bond acceptors (Lipinski definition) is 5. The fraction of sp³-hybridized carbons (Fsp3) is 0.438. The molecule has 1 aromatic heterocycles. The number of piperidine rings is 1. The third-order valence-corrected chi connectivity index (χ3v) is 4.55. The summed E-state index contributed by atoms with van der Waals surface area (Å²) < 4.78 is 0. The number of aliphatic carboxylic acids is 1. The van der Waals surface area contributed by atoms with Crippen LogP contribution in [0.1, 0.15) is 19.8 Å². The first-order chi connectivity index (χ1) is 11.9. The van der Waals surface area contributed by atoms with Crippen molar-refractivity contribution < 1.29 is 14.7 Å². The van der Waals surface area contributed by atoms with E-state index in [1.165, 1.54) is 9.70 Å². The van der Waals surface area contributed by atoms with Gasteiger partial charge in [0.15, 0.2) is 0 Å². The molecule has 1 saturated heterocycles. The van der Waals surface area contributed by atoms with Gasteiger partial charge < -0.3 is 10.0 Å². The van der Waals surface area contributed by atoms with Crippen LogP contribution in [0, 0.1) is 5.92 Å². The highest BCUT2D eigenvalue weighted by atomic mass is 35.5. The maximum absolute atomic E-state index is 12.5. The highest BCUT2D eigenvalue weighted by Gasteiger charge is 2.34. The molecule has 0 saturated carbocycles. The number of carbonyl (C=O) groups excluding carboxylic acids is 1. The van der Waals surface area contributed by atoms with Crippen molar-refractivity contribution in [3.8, 4) is 11.4 Å². The average Bonchev–Trinajstić information content (AvgIpc) is 3.03. The predicted molar refractivity (Wildman–Crippen MR) is 89.8 cm³/mol. The van der Waals surface area contributed by atoms with Crippen molar-refractivity contribution in [3.63, 3.8) is 0 Å². The van der Waals surface area contributed by atoms with Crippen molar-refractivity contribution in [2.24, 2.45) is 5.92 Å². The molecule has 1 amide bonds. The van der Waals surface area contributed by atoms with Gasteiger partial charge in [0.1, 0.15) is 12.6 Å². The number of hydrogen-bond donors (Lipinski definition) is 1. The smallest absolute Gasteiger partial charge is 0.326 e. The second kappa shape index (κ2) is 7.18. The van der Waals surface area contributed by atoms with Crippen molar-refractivity contribution in [1.29, 1.82) is 0 Å². The Kier molecular flexibility index (Phi) is 4.98. The molecule has 1 fully saturated rings. The van der Waals surface area contributed by atoms with Crippen LogP contribution in [0.5, 0.6) is 0 Å². The Balaban J connectivity index is 1.70. The highest BCUT2D eigenvalue weighted by Crippen LogP contribution is 2.23. The van der Waals surface area contributed by atoms with Crippen LogP contribution in [0.15, 0.2) is 24.3 Å². The largest absolute Gasteiger partial charge is 0.480 e. The summed E-state index contributed by atoms with van der Waals surface area (Å²) in [6, 6.07) is 6.16. The Hall–Kier alpha value is -2.48. The molecule has 1 aliphatic rings. The molecule has 1 aromatic carbocycles. The molecule has 9 heteroatoms. The summed E-state index contributed by atoms with van der Waals surface area (Å²) in [7, 11) is 0. The molecule has 0 bridgehead atoms. The van der Waals surface area contributed by atoms with Gasteiger partial charge in [-0.1, -0.05) is 18.5 Å². The summed E-state index contributed by atoms with van der Waals surface area (Å²) in [5, 5.41) is 22.0. The van der Waals surface area contributed by atoms with Crippen LogP contribution in [0.3, 0.4) is 0 Å². The van der Waals surface area contributed by atoms with Crippen LogP contribution in [0.2, 0.25) is 5.02 Å². The maximum atomic E-state index is 12.5. The van der Waals surface area contributed by atoms with Gasteiger partial charge in [0, 0.05) is 17.1 Å².